The Labute approximate surface area is 174 Å². The van der Waals surface area contributed by atoms with Gasteiger partial charge in [0.1, 0.15) is 11.0 Å². The molecule has 3 rings (SSSR count). The largest absolute Gasteiger partial charge is 0.381 e. The second-order valence-electron chi connectivity index (χ2n) is 6.60. The molecule has 1 aromatic heterocycles. The second-order valence-corrected chi connectivity index (χ2v) is 6.95. The van der Waals surface area contributed by atoms with Gasteiger partial charge in [0.05, 0.1) is 23.6 Å². The van der Waals surface area contributed by atoms with Crippen molar-refractivity contribution < 1.29 is 13.9 Å². The minimum atomic E-state index is -0.349. The van der Waals surface area contributed by atoms with Crippen LogP contribution >= 0.6 is 11.6 Å². The molecular weight excluding hydrogens is 393 g/mol. The molecule has 0 spiro atoms. The van der Waals surface area contributed by atoms with Crippen molar-refractivity contribution in [3.05, 3.63) is 82.4 Å². The average Bonchev–Trinajstić information content (AvgIpc) is 3.02. The van der Waals surface area contributed by atoms with E-state index in [0.29, 0.717) is 43.1 Å². The van der Waals surface area contributed by atoms with Gasteiger partial charge in [0, 0.05) is 13.2 Å². The van der Waals surface area contributed by atoms with E-state index in [9.17, 15) is 9.18 Å². The number of nitrogens with zero attached hydrogens (tertiary/aromatic N) is 2. The fourth-order valence-corrected chi connectivity index (χ4v) is 3.27. The number of aryl methyl sites for hydroxylation is 1. The second kappa shape index (κ2) is 10.2. The molecule has 152 valence electrons. The molecule has 0 bridgehead atoms. The van der Waals surface area contributed by atoms with Crippen molar-refractivity contribution in [1.29, 1.82) is 0 Å². The van der Waals surface area contributed by atoms with Gasteiger partial charge in [-0.15, -0.1) is 0 Å². The van der Waals surface area contributed by atoms with Crippen molar-refractivity contribution in [3.63, 3.8) is 0 Å². The number of benzene rings is 2. The number of carbonyl (C=O) groups is 1. The molecule has 1 heterocycles. The lowest BCUT2D eigenvalue weighted by Gasteiger charge is -2.07. The first kappa shape index (κ1) is 21.0. The van der Waals surface area contributed by atoms with Crippen LogP contribution in [-0.2, 0) is 11.2 Å². The summed E-state index contributed by atoms with van der Waals surface area (Å²) in [6.45, 7) is 3.40. The summed E-state index contributed by atoms with van der Waals surface area (Å²) in [7, 11) is 0. The van der Waals surface area contributed by atoms with E-state index in [2.05, 4.69) is 22.5 Å². The first-order chi connectivity index (χ1) is 14.1. The van der Waals surface area contributed by atoms with Gasteiger partial charge < -0.3 is 10.1 Å². The Balaban J connectivity index is 1.45. The average molecular weight is 416 g/mol. The summed E-state index contributed by atoms with van der Waals surface area (Å²) >= 11 is 6.36. The van der Waals surface area contributed by atoms with Crippen LogP contribution in [0.15, 0.2) is 54.6 Å². The third kappa shape index (κ3) is 5.65. The minimum absolute atomic E-state index is 0.200. The lowest BCUT2D eigenvalue weighted by molar-refractivity contribution is 0.0941. The van der Waals surface area contributed by atoms with E-state index in [4.69, 9.17) is 16.3 Å². The van der Waals surface area contributed by atoms with Gasteiger partial charge in [0.25, 0.3) is 5.91 Å². The fourth-order valence-electron chi connectivity index (χ4n) is 2.91. The zero-order valence-corrected chi connectivity index (χ0v) is 17.0. The number of hydrogen-bond donors (Lipinski definition) is 1. The number of carbonyl (C=O) groups excluding carboxylic acids is 1. The van der Waals surface area contributed by atoms with Crippen LogP contribution in [0.1, 0.15) is 28.0 Å². The molecule has 0 radical (unpaired) electrons. The van der Waals surface area contributed by atoms with E-state index < -0.39 is 0 Å². The van der Waals surface area contributed by atoms with Crippen LogP contribution in [-0.4, -0.2) is 35.4 Å². The molecule has 0 fully saturated rings. The van der Waals surface area contributed by atoms with Crippen LogP contribution in [0.3, 0.4) is 0 Å². The van der Waals surface area contributed by atoms with E-state index in [1.165, 1.54) is 22.4 Å². The van der Waals surface area contributed by atoms with Gasteiger partial charge in [-0.05, 0) is 49.6 Å². The molecule has 0 aliphatic heterocycles. The number of amides is 1. The van der Waals surface area contributed by atoms with Crippen LogP contribution < -0.4 is 5.32 Å². The quantitative estimate of drug-likeness (QED) is 0.528. The van der Waals surface area contributed by atoms with Gasteiger partial charge in [-0.3, -0.25) is 4.79 Å². The SMILES string of the molecule is Cc1nn(-c2ccc(F)cc2)c(Cl)c1C(=O)NCCCOCCc1ccccc1. The summed E-state index contributed by atoms with van der Waals surface area (Å²) in [5, 5.41) is 7.35. The summed E-state index contributed by atoms with van der Waals surface area (Å²) < 4.78 is 20.2. The predicted octanol–water partition coefficient (Wildman–Crippen LogP) is 4.35. The molecule has 0 aliphatic rings. The normalized spacial score (nSPS) is 10.9. The summed E-state index contributed by atoms with van der Waals surface area (Å²) in [5.74, 6) is -0.636. The maximum Gasteiger partial charge on any atom is 0.256 e. The van der Waals surface area contributed by atoms with Gasteiger partial charge in [0.2, 0.25) is 0 Å². The maximum absolute atomic E-state index is 13.1. The van der Waals surface area contributed by atoms with Crippen molar-refractivity contribution in [1.82, 2.24) is 15.1 Å². The smallest absolute Gasteiger partial charge is 0.256 e. The van der Waals surface area contributed by atoms with Gasteiger partial charge in [-0.2, -0.15) is 5.10 Å². The number of ether oxygens (including phenoxy) is 1. The number of hydrogen-bond acceptors (Lipinski definition) is 3. The molecular formula is C22H23ClFN3O2. The molecule has 1 amide bonds. The van der Waals surface area contributed by atoms with Crippen LogP contribution in [0.2, 0.25) is 5.15 Å². The van der Waals surface area contributed by atoms with E-state index in [1.54, 1.807) is 19.1 Å². The van der Waals surface area contributed by atoms with Crippen LogP contribution in [0.4, 0.5) is 4.39 Å². The molecule has 0 saturated carbocycles. The van der Waals surface area contributed by atoms with Crippen molar-refractivity contribution in [2.45, 2.75) is 19.8 Å². The zero-order valence-electron chi connectivity index (χ0n) is 16.2. The lowest BCUT2D eigenvalue weighted by atomic mass is 10.2. The van der Waals surface area contributed by atoms with Gasteiger partial charge >= 0.3 is 0 Å². The fraction of sp³-hybridized carbons (Fsp3) is 0.273. The Bertz CT molecular complexity index is 943. The molecule has 0 atom stereocenters. The Hall–Kier alpha value is -2.70. The molecule has 7 heteroatoms. The highest BCUT2D eigenvalue weighted by atomic mass is 35.5. The molecule has 0 unspecified atom stereocenters. The Morgan fingerprint density at radius 1 is 1.14 bits per heavy atom. The van der Waals surface area contributed by atoms with Crippen molar-refractivity contribution in [2.75, 3.05) is 19.8 Å². The number of aromatic nitrogens is 2. The summed E-state index contributed by atoms with van der Waals surface area (Å²) in [4.78, 5) is 12.5. The van der Waals surface area contributed by atoms with Crippen molar-refractivity contribution in [3.8, 4) is 5.69 Å². The number of nitrogens with one attached hydrogen (secondary N) is 1. The van der Waals surface area contributed by atoms with E-state index in [-0.39, 0.29) is 16.9 Å². The van der Waals surface area contributed by atoms with Gasteiger partial charge in [0.15, 0.2) is 0 Å². The zero-order chi connectivity index (χ0) is 20.6. The molecule has 0 aliphatic carbocycles. The lowest BCUT2D eigenvalue weighted by Crippen LogP contribution is -2.26. The van der Waals surface area contributed by atoms with E-state index in [0.717, 1.165) is 6.42 Å². The maximum atomic E-state index is 13.1. The Morgan fingerprint density at radius 2 is 1.86 bits per heavy atom. The van der Waals surface area contributed by atoms with Gasteiger partial charge in [-0.1, -0.05) is 41.9 Å². The van der Waals surface area contributed by atoms with Crippen LogP contribution in [0, 0.1) is 12.7 Å². The van der Waals surface area contributed by atoms with Crippen LogP contribution in [0.5, 0.6) is 0 Å². The molecule has 29 heavy (non-hydrogen) atoms. The summed E-state index contributed by atoms with van der Waals surface area (Å²) in [5.41, 5.74) is 2.66. The van der Waals surface area contributed by atoms with E-state index in [1.807, 2.05) is 18.2 Å². The predicted molar refractivity (Wildman–Crippen MR) is 111 cm³/mol. The third-order valence-corrected chi connectivity index (χ3v) is 4.78. The Kier molecular flexibility index (Phi) is 7.38. The minimum Gasteiger partial charge on any atom is -0.381 e. The highest BCUT2D eigenvalue weighted by Gasteiger charge is 2.20. The standard InChI is InChI=1S/C22H23ClFN3O2/c1-16-20(21(23)27(26-16)19-10-8-18(24)9-11-19)22(28)25-13-5-14-29-15-12-17-6-3-2-4-7-17/h2-4,6-11H,5,12-15H2,1H3,(H,25,28). The van der Waals surface area contributed by atoms with Crippen LogP contribution in [0.25, 0.3) is 5.69 Å². The highest BCUT2D eigenvalue weighted by Crippen LogP contribution is 2.23. The van der Waals surface area contributed by atoms with E-state index >= 15 is 0 Å². The summed E-state index contributed by atoms with van der Waals surface area (Å²) in [6, 6.07) is 15.9. The van der Waals surface area contributed by atoms with Crippen molar-refractivity contribution in [2.24, 2.45) is 0 Å². The topological polar surface area (TPSA) is 56.2 Å². The molecule has 2 aromatic carbocycles. The summed E-state index contributed by atoms with van der Waals surface area (Å²) in [6.07, 6.45) is 1.56. The number of rotatable bonds is 9. The monoisotopic (exact) mass is 415 g/mol. The first-order valence-corrected chi connectivity index (χ1v) is 9.85. The highest BCUT2D eigenvalue weighted by molar-refractivity contribution is 6.33. The molecule has 3 aromatic rings. The van der Waals surface area contributed by atoms with Gasteiger partial charge in [-0.25, -0.2) is 9.07 Å². The molecule has 5 nitrogen and oxygen atoms in total. The first-order valence-electron chi connectivity index (χ1n) is 9.47. The molecule has 0 saturated heterocycles. The third-order valence-electron chi connectivity index (χ3n) is 4.43. The Morgan fingerprint density at radius 3 is 2.59 bits per heavy atom. The number of halogens is 2. The van der Waals surface area contributed by atoms with Crippen molar-refractivity contribution >= 4 is 17.5 Å². The molecule has 1 N–H and O–H groups in total.